The van der Waals surface area contributed by atoms with Gasteiger partial charge in [0.15, 0.2) is 0 Å². The van der Waals surface area contributed by atoms with E-state index in [1.165, 1.54) is 18.2 Å². The first-order valence-electron chi connectivity index (χ1n) is 5.66. The van der Waals surface area contributed by atoms with Crippen molar-refractivity contribution < 1.29 is 26.4 Å². The van der Waals surface area contributed by atoms with Crippen LogP contribution in [0.3, 0.4) is 0 Å². The molecule has 20 heavy (non-hydrogen) atoms. The number of hydrogen-bond donors (Lipinski definition) is 2. The van der Waals surface area contributed by atoms with Crippen molar-refractivity contribution in [1.29, 1.82) is 0 Å². The monoisotopic (exact) mass is 308 g/mol. The van der Waals surface area contributed by atoms with Crippen LogP contribution in [0.1, 0.15) is 11.1 Å². The number of alkyl halides is 3. The van der Waals surface area contributed by atoms with Crippen molar-refractivity contribution in [2.45, 2.75) is 24.0 Å². The van der Waals surface area contributed by atoms with E-state index in [2.05, 4.69) is 5.32 Å². The van der Waals surface area contributed by atoms with Crippen LogP contribution in [0, 0.1) is 0 Å². The number of fused-ring (bicyclic) bond motifs is 1. The van der Waals surface area contributed by atoms with Crippen molar-refractivity contribution in [3.63, 3.8) is 0 Å². The smallest absolute Gasteiger partial charge is 0.312 e. The Labute approximate surface area is 113 Å². The highest BCUT2D eigenvalue weighted by molar-refractivity contribution is 7.90. The highest BCUT2D eigenvalue weighted by Gasteiger charge is 2.41. The summed E-state index contributed by atoms with van der Waals surface area (Å²) < 4.78 is 60.7. The summed E-state index contributed by atoms with van der Waals surface area (Å²) in [7, 11) is -4.52. The van der Waals surface area contributed by atoms with Crippen molar-refractivity contribution in [1.82, 2.24) is 10.0 Å². The number of hydrogen-bond acceptors (Lipinski definition) is 4. The van der Waals surface area contributed by atoms with Crippen LogP contribution >= 0.6 is 0 Å². The maximum atomic E-state index is 12.1. The molecule has 9 heteroatoms. The Hall–Kier alpha value is -1.61. The third-order valence-electron chi connectivity index (χ3n) is 2.86. The predicted molar refractivity (Wildman–Crippen MR) is 63.2 cm³/mol. The van der Waals surface area contributed by atoms with Crippen molar-refractivity contribution in [2.24, 2.45) is 0 Å². The molecule has 110 valence electrons. The SMILES string of the molecule is O=C(NS(=O)(=O)c1ccc2c(c1)CCNC2)C(F)(F)F. The van der Waals surface area contributed by atoms with E-state index in [4.69, 9.17) is 0 Å². The molecule has 0 fully saturated rings. The lowest BCUT2D eigenvalue weighted by molar-refractivity contribution is -0.171. The number of rotatable bonds is 2. The number of halogens is 3. The molecule has 1 aromatic carbocycles. The van der Waals surface area contributed by atoms with Crippen LogP contribution < -0.4 is 10.0 Å². The third kappa shape index (κ3) is 3.10. The largest absolute Gasteiger partial charge is 0.472 e. The van der Waals surface area contributed by atoms with E-state index in [1.54, 1.807) is 0 Å². The van der Waals surface area contributed by atoms with Gasteiger partial charge in [-0.05, 0) is 36.2 Å². The molecule has 0 spiro atoms. The normalized spacial score (nSPS) is 15.6. The Morgan fingerprint density at radius 1 is 1.25 bits per heavy atom. The first kappa shape index (κ1) is 14.8. The fourth-order valence-corrected chi connectivity index (χ4v) is 2.88. The van der Waals surface area contributed by atoms with Gasteiger partial charge in [-0.25, -0.2) is 13.1 Å². The fraction of sp³-hybridized carbons (Fsp3) is 0.364. The molecule has 1 amide bonds. The van der Waals surface area contributed by atoms with Gasteiger partial charge in [0, 0.05) is 6.54 Å². The molecule has 0 saturated heterocycles. The summed E-state index contributed by atoms with van der Waals surface area (Å²) in [6.07, 6.45) is -4.67. The molecule has 0 bridgehead atoms. The van der Waals surface area contributed by atoms with E-state index < -0.39 is 22.1 Å². The van der Waals surface area contributed by atoms with Crippen LogP contribution in [0.25, 0.3) is 0 Å². The third-order valence-corrected chi connectivity index (χ3v) is 4.19. The van der Waals surface area contributed by atoms with Crippen LogP contribution in [0.4, 0.5) is 13.2 Å². The van der Waals surface area contributed by atoms with Gasteiger partial charge in [-0.2, -0.15) is 13.2 Å². The molecule has 0 radical (unpaired) electrons. The fourth-order valence-electron chi connectivity index (χ4n) is 1.86. The summed E-state index contributed by atoms with van der Waals surface area (Å²) in [4.78, 5) is 10.4. The topological polar surface area (TPSA) is 75.3 Å². The minimum Gasteiger partial charge on any atom is -0.312 e. The Bertz CT molecular complexity index is 641. The Balaban J connectivity index is 2.28. The minimum absolute atomic E-state index is 0.351. The maximum Gasteiger partial charge on any atom is 0.472 e. The van der Waals surface area contributed by atoms with Crippen molar-refractivity contribution in [3.05, 3.63) is 29.3 Å². The average molecular weight is 308 g/mol. The highest BCUT2D eigenvalue weighted by atomic mass is 32.2. The van der Waals surface area contributed by atoms with Gasteiger partial charge < -0.3 is 5.32 Å². The van der Waals surface area contributed by atoms with E-state index in [0.29, 0.717) is 19.5 Å². The number of carbonyl (C=O) groups is 1. The van der Waals surface area contributed by atoms with E-state index >= 15 is 0 Å². The minimum atomic E-state index is -5.24. The summed E-state index contributed by atoms with van der Waals surface area (Å²) in [5.41, 5.74) is 1.63. The maximum absolute atomic E-state index is 12.1. The molecule has 1 aliphatic rings. The van der Waals surface area contributed by atoms with Gasteiger partial charge in [0.1, 0.15) is 0 Å². The zero-order chi connectivity index (χ0) is 15.0. The standard InChI is InChI=1S/C11H11F3N2O3S/c12-11(13,14)10(17)16-20(18,19)9-2-1-8-6-15-4-3-7(8)5-9/h1-2,5,15H,3-4,6H2,(H,16,17). The van der Waals surface area contributed by atoms with Crippen LogP contribution in [0.5, 0.6) is 0 Å². The van der Waals surface area contributed by atoms with Gasteiger partial charge in [-0.15, -0.1) is 0 Å². The zero-order valence-corrected chi connectivity index (χ0v) is 10.9. The molecule has 2 N–H and O–H groups in total. The molecular formula is C11H11F3N2O3S. The number of benzene rings is 1. The number of sulfonamides is 1. The number of carbonyl (C=O) groups excluding carboxylic acids is 1. The second-order valence-electron chi connectivity index (χ2n) is 4.29. The van der Waals surface area contributed by atoms with E-state index in [1.807, 2.05) is 0 Å². The van der Waals surface area contributed by atoms with Gasteiger partial charge in [0.25, 0.3) is 10.0 Å². The second kappa shape index (κ2) is 5.06. The lowest BCUT2D eigenvalue weighted by Crippen LogP contribution is -2.40. The molecule has 0 aromatic heterocycles. The Kier molecular flexibility index (Phi) is 3.74. The summed E-state index contributed by atoms with van der Waals surface area (Å²) in [6, 6.07) is 3.99. The molecule has 1 aromatic rings. The van der Waals surface area contributed by atoms with E-state index in [9.17, 15) is 26.4 Å². The summed E-state index contributed by atoms with van der Waals surface area (Å²) >= 11 is 0. The molecule has 0 atom stereocenters. The number of nitrogens with one attached hydrogen (secondary N) is 2. The van der Waals surface area contributed by atoms with E-state index in [-0.39, 0.29) is 4.90 Å². The lowest BCUT2D eigenvalue weighted by atomic mass is 10.0. The number of amides is 1. The molecule has 2 rings (SSSR count). The molecule has 0 saturated carbocycles. The van der Waals surface area contributed by atoms with Gasteiger partial charge in [-0.1, -0.05) is 6.07 Å². The van der Waals surface area contributed by atoms with Gasteiger partial charge >= 0.3 is 12.1 Å². The highest BCUT2D eigenvalue weighted by Crippen LogP contribution is 2.20. The molecule has 0 unspecified atom stereocenters. The Morgan fingerprint density at radius 3 is 2.60 bits per heavy atom. The molecule has 5 nitrogen and oxygen atoms in total. The molecule has 0 aliphatic carbocycles. The van der Waals surface area contributed by atoms with Crippen LogP contribution in [-0.2, 0) is 27.8 Å². The molecular weight excluding hydrogens is 297 g/mol. The second-order valence-corrected chi connectivity index (χ2v) is 5.97. The van der Waals surface area contributed by atoms with Crippen molar-refractivity contribution in [2.75, 3.05) is 6.54 Å². The van der Waals surface area contributed by atoms with E-state index in [0.717, 1.165) is 15.8 Å². The van der Waals surface area contributed by atoms with Gasteiger partial charge in [0.2, 0.25) is 0 Å². The first-order valence-corrected chi connectivity index (χ1v) is 7.15. The predicted octanol–water partition coefficient (Wildman–Crippen LogP) is 0.700. The summed E-state index contributed by atoms with van der Waals surface area (Å²) in [5.74, 6) is -2.50. The van der Waals surface area contributed by atoms with Gasteiger partial charge in [-0.3, -0.25) is 4.79 Å². The van der Waals surface area contributed by atoms with Crippen LogP contribution in [0.15, 0.2) is 23.1 Å². The molecule has 1 aliphatic heterocycles. The lowest BCUT2D eigenvalue weighted by Gasteiger charge is -2.18. The van der Waals surface area contributed by atoms with Gasteiger partial charge in [0.05, 0.1) is 4.90 Å². The average Bonchev–Trinajstić information content (AvgIpc) is 2.36. The first-order chi connectivity index (χ1) is 9.20. The summed E-state index contributed by atoms with van der Waals surface area (Å²) in [6.45, 7) is 1.23. The zero-order valence-electron chi connectivity index (χ0n) is 10.1. The Morgan fingerprint density at radius 2 is 1.95 bits per heavy atom. The van der Waals surface area contributed by atoms with Crippen molar-refractivity contribution >= 4 is 15.9 Å². The van der Waals surface area contributed by atoms with Crippen molar-refractivity contribution in [3.8, 4) is 0 Å². The van der Waals surface area contributed by atoms with Crippen LogP contribution in [-0.4, -0.2) is 27.0 Å². The van der Waals surface area contributed by atoms with Crippen LogP contribution in [0.2, 0.25) is 0 Å². The molecule has 1 heterocycles. The summed E-state index contributed by atoms with van der Waals surface area (Å²) in [5, 5.41) is 3.08. The quantitative estimate of drug-likeness (QED) is 0.843.